The molecule has 118 valence electrons. The van der Waals surface area contributed by atoms with Crippen molar-refractivity contribution in [2.45, 2.75) is 44.3 Å². The van der Waals surface area contributed by atoms with E-state index in [2.05, 4.69) is 10.3 Å². The number of hydrogen-bond acceptors (Lipinski definition) is 1. The molecule has 1 aromatic heterocycles. The molecule has 2 aromatic rings. The Morgan fingerprint density at radius 3 is 2.55 bits per heavy atom. The van der Waals surface area contributed by atoms with Gasteiger partial charge in [0.05, 0.1) is 5.56 Å². The number of nitrogens with one attached hydrogen (secondary N) is 2. The van der Waals surface area contributed by atoms with E-state index in [1.54, 1.807) is 6.07 Å². The van der Waals surface area contributed by atoms with Crippen LogP contribution < -0.4 is 5.32 Å². The van der Waals surface area contributed by atoms with Crippen LogP contribution in [0.3, 0.4) is 0 Å². The Kier molecular flexibility index (Phi) is 3.85. The summed E-state index contributed by atoms with van der Waals surface area (Å²) < 4.78 is 38.1. The molecule has 0 bridgehead atoms. The Morgan fingerprint density at radius 1 is 1.14 bits per heavy atom. The summed E-state index contributed by atoms with van der Waals surface area (Å²) in [7, 11) is 0. The van der Waals surface area contributed by atoms with Gasteiger partial charge in [-0.25, -0.2) is 0 Å². The molecule has 1 amide bonds. The van der Waals surface area contributed by atoms with Crippen molar-refractivity contribution < 1.29 is 18.0 Å². The van der Waals surface area contributed by atoms with Gasteiger partial charge in [-0.3, -0.25) is 4.79 Å². The average molecular weight is 310 g/mol. The number of amides is 1. The van der Waals surface area contributed by atoms with Crippen molar-refractivity contribution in [1.82, 2.24) is 10.3 Å². The molecular formula is C16H17F3N2O. The lowest BCUT2D eigenvalue weighted by Crippen LogP contribution is -2.36. The number of aromatic amines is 1. The van der Waals surface area contributed by atoms with Crippen LogP contribution in [0.5, 0.6) is 0 Å². The lowest BCUT2D eigenvalue weighted by molar-refractivity contribution is -0.137. The summed E-state index contributed by atoms with van der Waals surface area (Å²) in [6.45, 7) is 0. The van der Waals surface area contributed by atoms with Crippen LogP contribution in [-0.4, -0.2) is 16.9 Å². The zero-order valence-electron chi connectivity index (χ0n) is 12.0. The molecule has 0 atom stereocenters. The number of carbonyl (C=O) groups excluding carboxylic acids is 1. The molecule has 0 aliphatic heterocycles. The number of aromatic nitrogens is 1. The van der Waals surface area contributed by atoms with Gasteiger partial charge in [-0.2, -0.15) is 13.2 Å². The maximum Gasteiger partial charge on any atom is 0.416 e. The number of carbonyl (C=O) groups is 1. The predicted molar refractivity (Wildman–Crippen MR) is 77.6 cm³/mol. The summed E-state index contributed by atoms with van der Waals surface area (Å²) in [5.41, 5.74) is -0.0930. The highest BCUT2D eigenvalue weighted by Gasteiger charge is 2.30. The van der Waals surface area contributed by atoms with Crippen LogP contribution in [0.25, 0.3) is 10.9 Å². The van der Waals surface area contributed by atoms with E-state index >= 15 is 0 Å². The van der Waals surface area contributed by atoms with Crippen LogP contribution in [-0.2, 0) is 6.18 Å². The zero-order chi connectivity index (χ0) is 15.7. The highest BCUT2D eigenvalue weighted by molar-refractivity contribution is 5.98. The van der Waals surface area contributed by atoms with Crippen LogP contribution in [0.15, 0.2) is 24.3 Å². The third-order valence-corrected chi connectivity index (χ3v) is 4.13. The SMILES string of the molecule is O=C(NC1CCCCC1)c1cc2ccc(C(F)(F)F)cc2[nH]1. The van der Waals surface area contributed by atoms with Gasteiger partial charge < -0.3 is 10.3 Å². The molecule has 0 saturated heterocycles. The number of halogens is 3. The van der Waals surface area contributed by atoms with E-state index < -0.39 is 11.7 Å². The zero-order valence-corrected chi connectivity index (χ0v) is 12.0. The summed E-state index contributed by atoms with van der Waals surface area (Å²) in [5, 5.41) is 3.55. The lowest BCUT2D eigenvalue weighted by Gasteiger charge is -2.22. The van der Waals surface area contributed by atoms with Gasteiger partial charge in [0.15, 0.2) is 0 Å². The van der Waals surface area contributed by atoms with Crippen molar-refractivity contribution >= 4 is 16.8 Å². The highest BCUT2D eigenvalue weighted by Crippen LogP contribution is 2.31. The summed E-state index contributed by atoms with van der Waals surface area (Å²) in [5.74, 6) is -0.253. The van der Waals surface area contributed by atoms with E-state index in [9.17, 15) is 18.0 Å². The second-order valence-electron chi connectivity index (χ2n) is 5.79. The van der Waals surface area contributed by atoms with Gasteiger partial charge in [-0.1, -0.05) is 25.3 Å². The quantitative estimate of drug-likeness (QED) is 0.856. The summed E-state index contributed by atoms with van der Waals surface area (Å²) >= 11 is 0. The van der Waals surface area contributed by atoms with E-state index in [1.165, 1.54) is 12.5 Å². The minimum Gasteiger partial charge on any atom is -0.351 e. The Morgan fingerprint density at radius 2 is 1.86 bits per heavy atom. The summed E-state index contributed by atoms with van der Waals surface area (Å²) in [6.07, 6.45) is 0.941. The van der Waals surface area contributed by atoms with Crippen molar-refractivity contribution in [2.24, 2.45) is 0 Å². The summed E-state index contributed by atoms with van der Waals surface area (Å²) in [6, 6.07) is 5.20. The fraction of sp³-hybridized carbons (Fsp3) is 0.438. The topological polar surface area (TPSA) is 44.9 Å². The Bertz CT molecular complexity index is 684. The molecular weight excluding hydrogens is 293 g/mol. The molecule has 3 nitrogen and oxygen atoms in total. The van der Waals surface area contributed by atoms with Crippen molar-refractivity contribution in [3.05, 3.63) is 35.5 Å². The van der Waals surface area contributed by atoms with Crippen LogP contribution >= 0.6 is 0 Å². The van der Waals surface area contributed by atoms with E-state index in [4.69, 9.17) is 0 Å². The predicted octanol–water partition coefficient (Wildman–Crippen LogP) is 4.25. The minimum atomic E-state index is -4.39. The fourth-order valence-electron chi connectivity index (χ4n) is 2.94. The van der Waals surface area contributed by atoms with Crippen LogP contribution in [0, 0.1) is 0 Å². The van der Waals surface area contributed by atoms with Gasteiger partial charge in [0.2, 0.25) is 0 Å². The van der Waals surface area contributed by atoms with Gasteiger partial charge in [-0.05, 0) is 31.0 Å². The molecule has 1 saturated carbocycles. The minimum absolute atomic E-state index is 0.165. The number of rotatable bonds is 2. The first-order chi connectivity index (χ1) is 10.4. The fourth-order valence-corrected chi connectivity index (χ4v) is 2.94. The molecule has 2 N–H and O–H groups in total. The van der Waals surface area contributed by atoms with Gasteiger partial charge in [0.1, 0.15) is 5.69 Å². The van der Waals surface area contributed by atoms with Crippen molar-refractivity contribution in [1.29, 1.82) is 0 Å². The number of hydrogen-bond donors (Lipinski definition) is 2. The Balaban J connectivity index is 1.80. The monoisotopic (exact) mass is 310 g/mol. The van der Waals surface area contributed by atoms with Crippen LogP contribution in [0.2, 0.25) is 0 Å². The maximum atomic E-state index is 12.7. The first kappa shape index (κ1) is 14.9. The van der Waals surface area contributed by atoms with Crippen molar-refractivity contribution in [2.75, 3.05) is 0 Å². The van der Waals surface area contributed by atoms with Crippen LogP contribution in [0.1, 0.15) is 48.2 Å². The first-order valence-electron chi connectivity index (χ1n) is 7.44. The van der Waals surface area contributed by atoms with E-state index in [1.807, 2.05) is 0 Å². The van der Waals surface area contributed by atoms with Crippen molar-refractivity contribution in [3.63, 3.8) is 0 Å². The molecule has 22 heavy (non-hydrogen) atoms. The molecule has 1 aromatic carbocycles. The molecule has 6 heteroatoms. The molecule has 1 heterocycles. The Hall–Kier alpha value is -1.98. The highest BCUT2D eigenvalue weighted by atomic mass is 19.4. The van der Waals surface area contributed by atoms with Gasteiger partial charge in [0.25, 0.3) is 5.91 Å². The van der Waals surface area contributed by atoms with Gasteiger partial charge in [0, 0.05) is 16.9 Å². The second-order valence-corrected chi connectivity index (χ2v) is 5.79. The van der Waals surface area contributed by atoms with E-state index in [0.29, 0.717) is 16.6 Å². The molecule has 1 aliphatic rings. The molecule has 0 radical (unpaired) electrons. The van der Waals surface area contributed by atoms with Crippen molar-refractivity contribution in [3.8, 4) is 0 Å². The molecule has 1 fully saturated rings. The summed E-state index contributed by atoms with van der Waals surface area (Å²) in [4.78, 5) is 15.0. The Labute approximate surface area is 125 Å². The average Bonchev–Trinajstić information content (AvgIpc) is 2.90. The third-order valence-electron chi connectivity index (χ3n) is 4.13. The lowest BCUT2D eigenvalue weighted by atomic mass is 9.95. The second kappa shape index (κ2) is 5.66. The van der Waals surface area contributed by atoms with Gasteiger partial charge >= 0.3 is 6.18 Å². The number of fused-ring (bicyclic) bond motifs is 1. The normalized spacial score (nSPS) is 16.9. The molecule has 0 unspecified atom stereocenters. The van der Waals surface area contributed by atoms with Crippen LogP contribution in [0.4, 0.5) is 13.2 Å². The molecule has 1 aliphatic carbocycles. The third kappa shape index (κ3) is 3.10. The first-order valence-corrected chi connectivity index (χ1v) is 7.44. The van der Waals surface area contributed by atoms with E-state index in [-0.39, 0.29) is 11.9 Å². The molecule has 3 rings (SSSR count). The largest absolute Gasteiger partial charge is 0.416 e. The standard InChI is InChI=1S/C16H17F3N2O/c17-16(18,19)11-7-6-10-8-14(21-13(10)9-11)15(22)20-12-4-2-1-3-5-12/h6-9,12,21H,1-5H2,(H,20,22). The molecule has 0 spiro atoms. The smallest absolute Gasteiger partial charge is 0.351 e. The maximum absolute atomic E-state index is 12.7. The van der Waals surface area contributed by atoms with Gasteiger partial charge in [-0.15, -0.1) is 0 Å². The number of benzene rings is 1. The number of alkyl halides is 3. The van der Waals surface area contributed by atoms with E-state index in [0.717, 1.165) is 37.8 Å². The number of H-pyrrole nitrogens is 1.